The van der Waals surface area contributed by atoms with Gasteiger partial charge in [-0.2, -0.15) is 0 Å². The molecular weight excluding hydrogens is 396 g/mol. The zero-order valence-corrected chi connectivity index (χ0v) is 17.4. The van der Waals surface area contributed by atoms with Gasteiger partial charge in [-0.3, -0.25) is 0 Å². The zero-order chi connectivity index (χ0) is 20.9. The first kappa shape index (κ1) is 18.6. The highest BCUT2D eigenvalue weighted by molar-refractivity contribution is 7.92. The lowest BCUT2D eigenvalue weighted by Gasteiger charge is -2.08. The minimum Gasteiger partial charge on any atom is -0.361 e. The Morgan fingerprint density at radius 3 is 2.50 bits per heavy atom. The predicted octanol–water partition coefficient (Wildman–Crippen LogP) is 5.45. The van der Waals surface area contributed by atoms with Crippen LogP contribution in [0.3, 0.4) is 0 Å². The van der Waals surface area contributed by atoms with Crippen LogP contribution in [0.1, 0.15) is 16.7 Å². The van der Waals surface area contributed by atoms with Crippen molar-refractivity contribution in [2.24, 2.45) is 0 Å². The Labute approximate surface area is 176 Å². The van der Waals surface area contributed by atoms with Crippen LogP contribution in [-0.4, -0.2) is 33.6 Å². The number of nitrogens with one attached hydrogen (secondary N) is 2. The molecule has 0 bridgehead atoms. The van der Waals surface area contributed by atoms with Crippen molar-refractivity contribution in [3.05, 3.63) is 67.1 Å². The van der Waals surface area contributed by atoms with Crippen molar-refractivity contribution in [2.75, 3.05) is 0 Å². The highest BCUT2D eigenvalue weighted by atomic mass is 32.2. The number of benzene rings is 2. The minimum atomic E-state index is -3.30. The van der Waals surface area contributed by atoms with Gasteiger partial charge in [-0.05, 0) is 55.1 Å². The maximum Gasteiger partial charge on any atom is 0.180 e. The van der Waals surface area contributed by atoms with E-state index in [2.05, 4.69) is 33.2 Å². The first-order chi connectivity index (χ1) is 14.4. The fraction of sp³-hybridized carbons (Fsp3) is 0.130. The average molecular weight is 421 g/mol. The standard InChI is InChI=1S/C23H20N4O2S.2H2/c1-14(2)30(28,29)18-6-3-15(4-7-18)21-13-26-23-22(27-21)19(12-25-23)16-5-8-20-17(11-16)9-10-24-20;;/h3-14,24H,1-2H3,(H,25,26);2*1H. The van der Waals surface area contributed by atoms with E-state index in [1.807, 2.05) is 18.5 Å². The number of fused-ring (bicyclic) bond motifs is 2. The van der Waals surface area contributed by atoms with E-state index in [4.69, 9.17) is 4.98 Å². The molecule has 154 valence electrons. The lowest BCUT2D eigenvalue weighted by molar-refractivity contribution is 0.587. The number of H-pyrrole nitrogens is 2. The second-order valence-electron chi connectivity index (χ2n) is 7.55. The van der Waals surface area contributed by atoms with E-state index in [1.54, 1.807) is 44.3 Å². The summed E-state index contributed by atoms with van der Waals surface area (Å²) in [5.74, 6) is 0. The molecular formula is C23H24N4O2S. The van der Waals surface area contributed by atoms with Gasteiger partial charge in [0.25, 0.3) is 0 Å². The molecule has 0 unspecified atom stereocenters. The molecule has 0 radical (unpaired) electrons. The van der Waals surface area contributed by atoms with Crippen molar-refractivity contribution in [1.82, 2.24) is 19.9 Å². The van der Waals surface area contributed by atoms with Gasteiger partial charge < -0.3 is 9.97 Å². The molecule has 0 spiro atoms. The van der Waals surface area contributed by atoms with Crippen LogP contribution < -0.4 is 0 Å². The van der Waals surface area contributed by atoms with Crippen molar-refractivity contribution in [3.8, 4) is 22.4 Å². The molecule has 0 aliphatic heterocycles. The van der Waals surface area contributed by atoms with E-state index in [0.29, 0.717) is 16.2 Å². The third-order valence-corrected chi connectivity index (χ3v) is 7.51. The number of rotatable bonds is 4. The van der Waals surface area contributed by atoms with E-state index in [-0.39, 0.29) is 2.85 Å². The van der Waals surface area contributed by atoms with Crippen LogP contribution in [0.5, 0.6) is 0 Å². The van der Waals surface area contributed by atoms with E-state index < -0.39 is 15.1 Å². The molecule has 0 atom stereocenters. The van der Waals surface area contributed by atoms with Gasteiger partial charge in [0, 0.05) is 31.9 Å². The van der Waals surface area contributed by atoms with Crippen LogP contribution in [0, 0.1) is 0 Å². The smallest absolute Gasteiger partial charge is 0.180 e. The summed E-state index contributed by atoms with van der Waals surface area (Å²) >= 11 is 0. The highest BCUT2D eigenvalue weighted by Crippen LogP contribution is 2.30. The van der Waals surface area contributed by atoms with Crippen molar-refractivity contribution >= 4 is 31.9 Å². The monoisotopic (exact) mass is 420 g/mol. The molecule has 0 saturated carbocycles. The van der Waals surface area contributed by atoms with Crippen molar-refractivity contribution in [3.63, 3.8) is 0 Å². The predicted molar refractivity (Wildman–Crippen MR) is 123 cm³/mol. The van der Waals surface area contributed by atoms with Gasteiger partial charge in [-0.1, -0.05) is 18.2 Å². The van der Waals surface area contributed by atoms with Crippen LogP contribution >= 0.6 is 0 Å². The fourth-order valence-electron chi connectivity index (χ4n) is 3.56. The summed E-state index contributed by atoms with van der Waals surface area (Å²) in [6.07, 6.45) is 5.54. The van der Waals surface area contributed by atoms with E-state index in [1.165, 1.54) is 0 Å². The molecule has 30 heavy (non-hydrogen) atoms. The minimum absolute atomic E-state index is 0. The molecule has 0 amide bonds. The van der Waals surface area contributed by atoms with Crippen LogP contribution in [0.4, 0.5) is 0 Å². The first-order valence-electron chi connectivity index (χ1n) is 9.69. The first-order valence-corrected chi connectivity index (χ1v) is 11.2. The molecule has 7 heteroatoms. The Hall–Kier alpha value is -3.45. The van der Waals surface area contributed by atoms with Gasteiger partial charge in [0.05, 0.1) is 22.0 Å². The topological polar surface area (TPSA) is 91.5 Å². The number of hydrogen-bond acceptors (Lipinski definition) is 4. The molecule has 0 fully saturated rings. The molecule has 0 saturated heterocycles. The molecule has 3 aromatic heterocycles. The Morgan fingerprint density at radius 2 is 1.73 bits per heavy atom. The van der Waals surface area contributed by atoms with E-state index in [0.717, 1.165) is 33.1 Å². The number of aromatic amines is 2. The summed E-state index contributed by atoms with van der Waals surface area (Å²) in [5, 5.41) is 0.673. The zero-order valence-electron chi connectivity index (χ0n) is 16.5. The average Bonchev–Trinajstić information content (AvgIpc) is 3.39. The largest absolute Gasteiger partial charge is 0.361 e. The molecule has 0 aliphatic rings. The van der Waals surface area contributed by atoms with Crippen LogP contribution in [0.2, 0.25) is 0 Å². The summed E-state index contributed by atoms with van der Waals surface area (Å²) in [4.78, 5) is 16.0. The van der Waals surface area contributed by atoms with Gasteiger partial charge in [0.15, 0.2) is 15.5 Å². The van der Waals surface area contributed by atoms with E-state index in [9.17, 15) is 8.42 Å². The van der Waals surface area contributed by atoms with Crippen LogP contribution in [-0.2, 0) is 9.84 Å². The maximum atomic E-state index is 12.4. The Balaban J connectivity index is 0.00000144. The lowest BCUT2D eigenvalue weighted by atomic mass is 10.1. The van der Waals surface area contributed by atoms with Crippen LogP contribution in [0.25, 0.3) is 44.5 Å². The van der Waals surface area contributed by atoms with Gasteiger partial charge in [-0.15, -0.1) is 0 Å². The summed E-state index contributed by atoms with van der Waals surface area (Å²) in [7, 11) is -3.30. The van der Waals surface area contributed by atoms with Gasteiger partial charge >= 0.3 is 0 Å². The molecule has 5 aromatic rings. The van der Waals surface area contributed by atoms with Crippen LogP contribution in [0.15, 0.2) is 72.0 Å². The summed E-state index contributed by atoms with van der Waals surface area (Å²) < 4.78 is 24.7. The molecule has 2 aromatic carbocycles. The Kier molecular flexibility index (Phi) is 4.22. The number of aromatic nitrogens is 4. The lowest BCUT2D eigenvalue weighted by Crippen LogP contribution is -2.13. The van der Waals surface area contributed by atoms with Gasteiger partial charge in [0.1, 0.15) is 5.52 Å². The van der Waals surface area contributed by atoms with E-state index >= 15 is 0 Å². The number of sulfone groups is 1. The second-order valence-corrected chi connectivity index (χ2v) is 10.1. The molecule has 0 aliphatic carbocycles. The Morgan fingerprint density at radius 1 is 0.967 bits per heavy atom. The normalized spacial score (nSPS) is 12.2. The molecule has 6 nitrogen and oxygen atoms in total. The number of hydrogen-bond donors (Lipinski definition) is 2. The SMILES string of the molecule is CC(C)S(=O)(=O)c1ccc(-c2cnc3[nH]cc(-c4ccc5[nH]ccc5c4)c3n2)cc1.[HH].[HH]. The van der Waals surface area contributed by atoms with Crippen molar-refractivity contribution < 1.29 is 11.3 Å². The third kappa shape index (κ3) is 2.98. The summed E-state index contributed by atoms with van der Waals surface area (Å²) in [6.45, 7) is 3.36. The quantitative estimate of drug-likeness (QED) is 0.404. The van der Waals surface area contributed by atoms with Crippen molar-refractivity contribution in [1.29, 1.82) is 0 Å². The molecule has 3 heterocycles. The summed E-state index contributed by atoms with van der Waals surface area (Å²) in [5.41, 5.74) is 6.12. The second kappa shape index (κ2) is 6.81. The highest BCUT2D eigenvalue weighted by Gasteiger charge is 2.19. The van der Waals surface area contributed by atoms with Gasteiger partial charge in [-0.25, -0.2) is 18.4 Å². The maximum absolute atomic E-state index is 12.4. The van der Waals surface area contributed by atoms with Gasteiger partial charge in [0.2, 0.25) is 0 Å². The molecule has 2 N–H and O–H groups in total. The third-order valence-electron chi connectivity index (χ3n) is 5.34. The number of nitrogens with zero attached hydrogens (tertiary/aromatic N) is 2. The molecule has 5 rings (SSSR count). The van der Waals surface area contributed by atoms with Crippen molar-refractivity contribution in [2.45, 2.75) is 24.0 Å². The Bertz CT molecular complexity index is 1490. The fourth-order valence-corrected chi connectivity index (χ4v) is 4.62. The summed E-state index contributed by atoms with van der Waals surface area (Å²) in [6, 6.07) is 15.1.